The van der Waals surface area contributed by atoms with Crippen molar-refractivity contribution in [1.82, 2.24) is 80.7 Å². The third-order valence-electron chi connectivity index (χ3n) is 21.5. The molecule has 0 spiro atoms. The number of carbonyl (C=O) groups excluding carboxylic acids is 4. The Morgan fingerprint density at radius 3 is 1.40 bits per heavy atom. The predicted octanol–water partition coefficient (Wildman–Crippen LogP) is 11.1. The van der Waals surface area contributed by atoms with Gasteiger partial charge in [0.1, 0.15) is 46.9 Å². The van der Waals surface area contributed by atoms with Gasteiger partial charge in [0.05, 0.1) is 132 Å². The van der Waals surface area contributed by atoms with Gasteiger partial charge in [-0.05, 0) is 110 Å². The number of rotatable bonds is 41. The van der Waals surface area contributed by atoms with Crippen molar-refractivity contribution in [2.45, 2.75) is 142 Å². The number of methoxy groups -OCH3 is 1. The van der Waals surface area contributed by atoms with Crippen molar-refractivity contribution in [2.24, 2.45) is 11.8 Å². The van der Waals surface area contributed by atoms with E-state index in [4.69, 9.17) is 48.9 Å². The van der Waals surface area contributed by atoms with E-state index in [0.29, 0.717) is 167 Å². The lowest BCUT2D eigenvalue weighted by Gasteiger charge is -2.28. The quantitative estimate of drug-likeness (QED) is 0.0138. The average Bonchev–Trinajstić information content (AvgIpc) is 1.60. The number of aliphatic hydroxyl groups excluding tert-OH is 2. The second-order valence-corrected chi connectivity index (χ2v) is 33.0. The number of amides is 4. The van der Waals surface area contributed by atoms with E-state index in [-0.39, 0.29) is 79.8 Å². The van der Waals surface area contributed by atoms with Gasteiger partial charge in [0.15, 0.2) is 18.4 Å². The number of aliphatic hydroxyl groups is 2. The van der Waals surface area contributed by atoms with Crippen LogP contribution in [0.25, 0.3) is 65.6 Å². The summed E-state index contributed by atoms with van der Waals surface area (Å²) in [4.78, 5) is 68.8. The van der Waals surface area contributed by atoms with Crippen LogP contribution in [0.2, 0.25) is 0 Å². The molecule has 0 saturated carbocycles. The first-order valence-electron chi connectivity index (χ1n) is 41.7. The van der Waals surface area contributed by atoms with Gasteiger partial charge in [0, 0.05) is 117 Å². The minimum absolute atomic E-state index is 0.0681. The van der Waals surface area contributed by atoms with E-state index < -0.39 is 36.1 Å². The van der Waals surface area contributed by atoms with Crippen molar-refractivity contribution in [3.05, 3.63) is 203 Å². The first kappa shape index (κ1) is 90.7. The number of likely N-dealkylation sites (tertiary alicyclic amines) is 2. The van der Waals surface area contributed by atoms with E-state index in [1.54, 1.807) is 81.9 Å². The number of carbonyl (C=O) groups is 4. The molecule has 0 radical (unpaired) electrons. The molecular weight excluding hydrogens is 1640 g/mol. The number of benzene rings is 4. The van der Waals surface area contributed by atoms with Crippen LogP contribution in [-0.2, 0) is 81.9 Å². The first-order valence-corrected chi connectivity index (χ1v) is 43.5. The van der Waals surface area contributed by atoms with Crippen LogP contribution >= 0.6 is 22.7 Å². The van der Waals surface area contributed by atoms with E-state index in [1.165, 1.54) is 9.80 Å². The first-order chi connectivity index (χ1) is 60.6. The fourth-order valence-corrected chi connectivity index (χ4v) is 16.6. The molecule has 0 aliphatic carbocycles. The fraction of sp³-hybridized carbons (Fsp3) is 0.400. The van der Waals surface area contributed by atoms with Crippen molar-refractivity contribution < 1.29 is 72.0 Å². The van der Waals surface area contributed by atoms with E-state index in [2.05, 4.69) is 61.5 Å². The molecule has 2 saturated heterocycles. The number of ether oxygens (including phenoxy) is 6. The lowest BCUT2D eigenvalue weighted by Crippen LogP contribution is -2.48. The lowest BCUT2D eigenvalue weighted by molar-refractivity contribution is -0.141. The van der Waals surface area contributed by atoms with E-state index in [9.17, 15) is 34.5 Å². The minimum atomic E-state index is -0.807. The molecule has 35 heteroatoms. The molecule has 4 aromatic carbocycles. The molecule has 2 aliphatic heterocycles. The number of anilines is 2. The van der Waals surface area contributed by atoms with Gasteiger partial charge in [0.25, 0.3) is 0 Å². The molecule has 2 fully saturated rings. The summed E-state index contributed by atoms with van der Waals surface area (Å²) in [6, 6.07) is 36.0. The zero-order valence-electron chi connectivity index (χ0n) is 71.0. The Labute approximate surface area is 731 Å². The van der Waals surface area contributed by atoms with Crippen molar-refractivity contribution in [2.75, 3.05) is 91.3 Å². The number of para-hydroxylation sites is 2. The summed E-state index contributed by atoms with van der Waals surface area (Å²) in [6.07, 6.45) is 8.46. The zero-order chi connectivity index (χ0) is 87.9. The number of phenolic OH excluding ortho intramolecular Hbond substituents is 1. The monoisotopic (exact) mass is 1740 g/mol. The number of nitrogens with two attached hydrogens (primary N) is 2. The molecule has 12 aromatic rings. The molecule has 4 amide bonds. The van der Waals surface area contributed by atoms with Gasteiger partial charge < -0.3 is 84.7 Å². The fourth-order valence-electron chi connectivity index (χ4n) is 15.0. The van der Waals surface area contributed by atoms with E-state index >= 15 is 0 Å². The number of aryl methyl sites for hydroxylation is 4. The van der Waals surface area contributed by atoms with Crippen LogP contribution in [0.1, 0.15) is 111 Å². The Kier molecular flexibility index (Phi) is 31.9. The molecule has 0 bridgehead atoms. The van der Waals surface area contributed by atoms with Gasteiger partial charge >= 0.3 is 0 Å². The zero-order valence-corrected chi connectivity index (χ0v) is 72.6. The molecule has 2 unspecified atom stereocenters. The predicted molar refractivity (Wildman–Crippen MR) is 469 cm³/mol. The normalized spacial score (nSPS) is 15.6. The average molecular weight is 1740 g/mol. The van der Waals surface area contributed by atoms with Crippen molar-refractivity contribution >= 4 is 57.9 Å². The summed E-state index contributed by atoms with van der Waals surface area (Å²) in [5, 5.41) is 71.4. The number of nitrogen functional groups attached to an aromatic ring is 2. The summed E-state index contributed by atoms with van der Waals surface area (Å²) in [7, 11) is 1.56. The number of hydrogen-bond donors (Lipinski definition) is 7. The largest absolute Gasteiger partial charge is 0.507 e. The van der Waals surface area contributed by atoms with Crippen LogP contribution in [0, 0.1) is 25.7 Å². The highest BCUT2D eigenvalue weighted by Gasteiger charge is 2.45. The molecule has 8 aromatic heterocycles. The number of nitrogens with zero attached hydrogens (tertiary/aromatic N) is 14. The molecule has 9 N–H and O–H groups in total. The number of thiazole rings is 2. The number of nitrogens with one attached hydrogen (secondary N) is 2. The van der Waals surface area contributed by atoms with Crippen LogP contribution in [-0.4, -0.2) is 213 Å². The van der Waals surface area contributed by atoms with Gasteiger partial charge in [-0.2, -0.15) is 10.2 Å². The lowest BCUT2D eigenvalue weighted by atomic mass is 9.91. The Morgan fingerprint density at radius 1 is 0.536 bits per heavy atom. The summed E-state index contributed by atoms with van der Waals surface area (Å²) in [5.41, 5.74) is 28.7. The summed E-state index contributed by atoms with van der Waals surface area (Å²) < 4.78 is 48.9. The maximum Gasteiger partial charge on any atom is 0.243 e. The molecular formula is C90H106N18O15S2. The summed E-state index contributed by atoms with van der Waals surface area (Å²) in [5.74, 6) is -0.626. The molecule has 125 heavy (non-hydrogen) atoms. The Morgan fingerprint density at radius 2 is 0.968 bits per heavy atom. The number of phenols is 1. The van der Waals surface area contributed by atoms with Crippen molar-refractivity contribution in [3.63, 3.8) is 0 Å². The van der Waals surface area contributed by atoms with Gasteiger partial charge in [-0.3, -0.25) is 28.5 Å². The van der Waals surface area contributed by atoms with E-state index in [1.807, 2.05) is 156 Å². The van der Waals surface area contributed by atoms with Gasteiger partial charge in [-0.1, -0.05) is 111 Å². The van der Waals surface area contributed by atoms with Gasteiger partial charge in [-0.15, -0.1) is 43.1 Å². The topological polar surface area (TPSA) is 432 Å². The Hall–Kier alpha value is -12.1. The maximum atomic E-state index is 14.0. The van der Waals surface area contributed by atoms with Crippen LogP contribution < -0.4 is 26.8 Å². The smallest absolute Gasteiger partial charge is 0.243 e. The number of aromatic nitrogens is 12. The third kappa shape index (κ3) is 23.9. The highest BCUT2D eigenvalue weighted by atomic mass is 32.1. The van der Waals surface area contributed by atoms with Gasteiger partial charge in [0.2, 0.25) is 23.6 Å². The highest BCUT2D eigenvalue weighted by molar-refractivity contribution is 7.13. The van der Waals surface area contributed by atoms with Crippen molar-refractivity contribution in [3.8, 4) is 77.1 Å². The highest BCUT2D eigenvalue weighted by Crippen LogP contribution is 2.38. The standard InChI is InChI=1S/C46H55N9O8S.C44H51N9O7S/c1-29(2)42(46(58)55-26-35(56)21-39(55)45(57)48-23-31-11-13-32(14-12-31)43-30(3)49-27-64-43)41-20-34(53-63-41)8-7-16-60-18-19-61-17-15-54-25-33(24-50-54)37-22-38(51-52-44(37)47)36-9-5-6-10-40(36)62-28-59-4;1-27(2)40(44(57)53-25-33(54)20-37(53)43(56)46-22-29-10-12-30(13-11-29)41-28(3)47-26-61-41)39-19-32(51-60-39)7-6-15-58-17-18-59-16-14-52-24-31(23-48-52)35-21-36(49-50-42(35)45)34-8-4-5-9-38(34)55/h5-6,9-14,20,22,24-25,27,29,35,39,42,56H,7-8,15-19,21,23,26,28H2,1-4H3,(H2,47,52)(H,48,57);4-5,8-13,19,21,23-24,26-27,33,37,40,54-55H,6-7,14-18,20,22,25H2,1-3H3,(H2,45,50)(H,46,56)/t35-,39+,42?;33-,37+,40?/m11/s1. The molecule has 658 valence electrons. The number of aromatic hydroxyl groups is 1. The number of β-amino-alcohol motifs (C(OH)–C–C–N with tert-alkyl or cyclic N) is 2. The van der Waals surface area contributed by atoms with Crippen LogP contribution in [0.3, 0.4) is 0 Å². The molecule has 14 rings (SSSR count). The molecule has 10 heterocycles. The van der Waals surface area contributed by atoms with Crippen LogP contribution in [0.15, 0.2) is 166 Å². The van der Waals surface area contributed by atoms with Crippen LogP contribution in [0.5, 0.6) is 11.5 Å². The molecule has 6 atom stereocenters. The second kappa shape index (κ2) is 44.0. The Balaban J connectivity index is 0.000000215. The number of hydrogen-bond acceptors (Lipinski definition) is 29. The second-order valence-electron chi connectivity index (χ2n) is 31.3. The summed E-state index contributed by atoms with van der Waals surface area (Å²) >= 11 is 3.17. The van der Waals surface area contributed by atoms with Gasteiger partial charge in [-0.25, -0.2) is 9.97 Å². The SMILES string of the molecule is COCOc1ccccc1-c1cc(-c2cnn(CCOCCOCCCc3cc(C(C(=O)N4C[C@H](O)C[C@H]4C(=O)NCc4ccc(-c5scnc5C)cc4)C(C)C)on3)c2)c(N)nn1.Cc1ncsc1-c1ccc(CNC(=O)[C@@H]2C[C@@H](O)CN2C(=O)C(c2cc(CCCOCCOCCn3cc(-c4cc(-c5ccccc5O)nnc4N)cn3)no2)C(C)C)cc1. The summed E-state index contributed by atoms with van der Waals surface area (Å²) in [6.45, 7) is 17.1. The Bertz CT molecular complexity index is 5520. The van der Waals surface area contributed by atoms with Crippen molar-refractivity contribution in [1.29, 1.82) is 0 Å². The maximum absolute atomic E-state index is 14.0. The minimum Gasteiger partial charge on any atom is -0.507 e. The van der Waals surface area contributed by atoms with E-state index in [0.717, 1.165) is 60.1 Å². The van der Waals surface area contributed by atoms with Crippen LogP contribution in [0.4, 0.5) is 11.6 Å². The molecule has 33 nitrogen and oxygen atoms in total. The molecule has 2 aliphatic rings. The third-order valence-corrected chi connectivity index (χ3v) is 23.5.